The molecule has 0 atom stereocenters. The molecule has 2 N–H and O–H groups in total. The second-order valence-electron chi connectivity index (χ2n) is 4.03. The van der Waals surface area contributed by atoms with Crippen LogP contribution in [-0.4, -0.2) is 18.3 Å². The van der Waals surface area contributed by atoms with Crippen molar-refractivity contribution in [3.05, 3.63) is 35.9 Å². The molecule has 3 heteroatoms. The van der Waals surface area contributed by atoms with Gasteiger partial charge in [0.15, 0.2) is 11.5 Å². The summed E-state index contributed by atoms with van der Waals surface area (Å²) >= 11 is 0. The van der Waals surface area contributed by atoms with E-state index in [4.69, 9.17) is 4.74 Å². The van der Waals surface area contributed by atoms with E-state index in [1.54, 1.807) is 13.2 Å². The predicted octanol–water partition coefficient (Wildman–Crippen LogP) is 2.21. The number of benzene rings is 1. The molecule has 1 aliphatic carbocycles. The SMILES string of the molecule is COc1cc(CNC2CC=CC2)ccc1O. The molecule has 0 radical (unpaired) electrons. The quantitative estimate of drug-likeness (QED) is 0.763. The predicted molar refractivity (Wildman–Crippen MR) is 63.7 cm³/mol. The number of hydrogen-bond donors (Lipinski definition) is 2. The monoisotopic (exact) mass is 219 g/mol. The molecular weight excluding hydrogens is 202 g/mol. The maximum absolute atomic E-state index is 9.46. The zero-order valence-electron chi connectivity index (χ0n) is 9.44. The van der Waals surface area contributed by atoms with Gasteiger partial charge in [-0.05, 0) is 30.5 Å². The van der Waals surface area contributed by atoms with Crippen LogP contribution in [0.15, 0.2) is 30.4 Å². The minimum atomic E-state index is 0.189. The van der Waals surface area contributed by atoms with Crippen LogP contribution in [-0.2, 0) is 6.54 Å². The summed E-state index contributed by atoms with van der Waals surface area (Å²) in [4.78, 5) is 0. The lowest BCUT2D eigenvalue weighted by Crippen LogP contribution is -2.25. The molecule has 0 bridgehead atoms. The lowest BCUT2D eigenvalue weighted by atomic mass is 10.1. The highest BCUT2D eigenvalue weighted by atomic mass is 16.5. The molecule has 0 fully saturated rings. The lowest BCUT2D eigenvalue weighted by Gasteiger charge is -2.12. The van der Waals surface area contributed by atoms with Crippen molar-refractivity contribution in [3.63, 3.8) is 0 Å². The van der Waals surface area contributed by atoms with Crippen LogP contribution >= 0.6 is 0 Å². The molecule has 16 heavy (non-hydrogen) atoms. The topological polar surface area (TPSA) is 41.5 Å². The molecule has 0 heterocycles. The Kier molecular flexibility index (Phi) is 3.47. The summed E-state index contributed by atoms with van der Waals surface area (Å²) in [5.41, 5.74) is 1.13. The van der Waals surface area contributed by atoms with Crippen LogP contribution in [0.4, 0.5) is 0 Å². The van der Waals surface area contributed by atoms with Gasteiger partial charge in [-0.1, -0.05) is 18.2 Å². The summed E-state index contributed by atoms with van der Waals surface area (Å²) in [7, 11) is 1.56. The molecule has 0 saturated carbocycles. The molecule has 0 aliphatic heterocycles. The first-order valence-corrected chi connectivity index (χ1v) is 5.54. The fraction of sp³-hybridized carbons (Fsp3) is 0.385. The van der Waals surface area contributed by atoms with Gasteiger partial charge in [0.1, 0.15) is 0 Å². The average Bonchev–Trinajstić information content (AvgIpc) is 2.81. The molecule has 1 aromatic carbocycles. The zero-order chi connectivity index (χ0) is 11.4. The van der Waals surface area contributed by atoms with E-state index in [2.05, 4.69) is 17.5 Å². The molecule has 0 amide bonds. The van der Waals surface area contributed by atoms with Crippen molar-refractivity contribution < 1.29 is 9.84 Å². The largest absolute Gasteiger partial charge is 0.504 e. The minimum absolute atomic E-state index is 0.189. The van der Waals surface area contributed by atoms with E-state index in [9.17, 15) is 5.11 Å². The van der Waals surface area contributed by atoms with Gasteiger partial charge in [-0.3, -0.25) is 0 Å². The Labute approximate surface area is 95.7 Å². The summed E-state index contributed by atoms with van der Waals surface area (Å²) in [5.74, 6) is 0.720. The summed E-state index contributed by atoms with van der Waals surface area (Å²) in [6, 6.07) is 6.00. The van der Waals surface area contributed by atoms with E-state index in [-0.39, 0.29) is 5.75 Å². The smallest absolute Gasteiger partial charge is 0.160 e. The van der Waals surface area contributed by atoms with Crippen molar-refractivity contribution in [2.24, 2.45) is 0 Å². The molecule has 0 saturated heterocycles. The van der Waals surface area contributed by atoms with Crippen LogP contribution in [0.1, 0.15) is 18.4 Å². The Morgan fingerprint density at radius 2 is 2.12 bits per heavy atom. The molecular formula is C13H17NO2. The second kappa shape index (κ2) is 5.03. The van der Waals surface area contributed by atoms with Crippen LogP contribution in [0.5, 0.6) is 11.5 Å². The van der Waals surface area contributed by atoms with Crippen LogP contribution in [0.25, 0.3) is 0 Å². The Bertz CT molecular complexity index is 380. The molecule has 3 nitrogen and oxygen atoms in total. The molecule has 2 rings (SSSR count). The highest BCUT2D eigenvalue weighted by molar-refractivity contribution is 5.41. The Morgan fingerprint density at radius 1 is 1.38 bits per heavy atom. The highest BCUT2D eigenvalue weighted by Crippen LogP contribution is 2.26. The first-order valence-electron chi connectivity index (χ1n) is 5.54. The van der Waals surface area contributed by atoms with Gasteiger partial charge in [-0.15, -0.1) is 0 Å². The third kappa shape index (κ3) is 2.55. The summed E-state index contributed by atoms with van der Waals surface area (Å²) < 4.78 is 5.07. The van der Waals surface area contributed by atoms with Gasteiger partial charge in [0.2, 0.25) is 0 Å². The van der Waals surface area contributed by atoms with Crippen LogP contribution in [0.3, 0.4) is 0 Å². The fourth-order valence-corrected chi connectivity index (χ4v) is 1.88. The van der Waals surface area contributed by atoms with Crippen molar-refractivity contribution in [1.82, 2.24) is 5.32 Å². The van der Waals surface area contributed by atoms with Gasteiger partial charge in [-0.25, -0.2) is 0 Å². The number of aromatic hydroxyl groups is 1. The van der Waals surface area contributed by atoms with Gasteiger partial charge < -0.3 is 15.2 Å². The van der Waals surface area contributed by atoms with Gasteiger partial charge in [0, 0.05) is 12.6 Å². The van der Waals surface area contributed by atoms with E-state index >= 15 is 0 Å². The van der Waals surface area contributed by atoms with E-state index in [0.29, 0.717) is 11.8 Å². The molecule has 0 aromatic heterocycles. The summed E-state index contributed by atoms with van der Waals surface area (Å²) in [6.45, 7) is 0.809. The van der Waals surface area contributed by atoms with Crippen molar-refractivity contribution in [2.75, 3.05) is 7.11 Å². The summed E-state index contributed by atoms with van der Waals surface area (Å²) in [6.07, 6.45) is 6.62. The lowest BCUT2D eigenvalue weighted by molar-refractivity contribution is 0.372. The first-order chi connectivity index (χ1) is 7.79. The molecule has 86 valence electrons. The number of methoxy groups -OCH3 is 1. The number of hydrogen-bond acceptors (Lipinski definition) is 3. The number of ether oxygens (including phenoxy) is 1. The second-order valence-corrected chi connectivity index (χ2v) is 4.03. The van der Waals surface area contributed by atoms with Crippen molar-refractivity contribution in [2.45, 2.75) is 25.4 Å². The van der Waals surface area contributed by atoms with Crippen molar-refractivity contribution >= 4 is 0 Å². The molecule has 1 aliphatic rings. The van der Waals surface area contributed by atoms with E-state index in [1.807, 2.05) is 12.1 Å². The van der Waals surface area contributed by atoms with Crippen LogP contribution in [0.2, 0.25) is 0 Å². The van der Waals surface area contributed by atoms with Crippen LogP contribution < -0.4 is 10.1 Å². The number of phenols is 1. The van der Waals surface area contributed by atoms with Crippen molar-refractivity contribution in [3.8, 4) is 11.5 Å². The third-order valence-electron chi connectivity index (χ3n) is 2.85. The molecule has 0 spiro atoms. The van der Waals surface area contributed by atoms with Gasteiger partial charge in [0.25, 0.3) is 0 Å². The molecule has 1 aromatic rings. The number of rotatable bonds is 4. The Hall–Kier alpha value is -1.48. The average molecular weight is 219 g/mol. The Balaban J connectivity index is 1.93. The maximum Gasteiger partial charge on any atom is 0.160 e. The molecule has 0 unspecified atom stereocenters. The van der Waals surface area contributed by atoms with Crippen molar-refractivity contribution in [1.29, 1.82) is 0 Å². The third-order valence-corrected chi connectivity index (χ3v) is 2.85. The number of nitrogens with one attached hydrogen (secondary N) is 1. The maximum atomic E-state index is 9.46. The van der Waals surface area contributed by atoms with E-state index in [0.717, 1.165) is 24.9 Å². The first kappa shape index (κ1) is 11.0. The standard InChI is InChI=1S/C13H17NO2/c1-16-13-8-10(6-7-12(13)15)9-14-11-4-2-3-5-11/h2-3,6-8,11,14-15H,4-5,9H2,1H3. The van der Waals surface area contributed by atoms with E-state index in [1.165, 1.54) is 0 Å². The minimum Gasteiger partial charge on any atom is -0.504 e. The number of phenolic OH excluding ortho intramolecular Hbond substituents is 1. The Morgan fingerprint density at radius 3 is 2.81 bits per heavy atom. The fourth-order valence-electron chi connectivity index (χ4n) is 1.88. The van der Waals surface area contributed by atoms with Gasteiger partial charge >= 0.3 is 0 Å². The normalized spacial score (nSPS) is 15.6. The van der Waals surface area contributed by atoms with Gasteiger partial charge in [0.05, 0.1) is 7.11 Å². The van der Waals surface area contributed by atoms with Gasteiger partial charge in [-0.2, -0.15) is 0 Å². The highest BCUT2D eigenvalue weighted by Gasteiger charge is 2.09. The van der Waals surface area contributed by atoms with Crippen LogP contribution in [0, 0.1) is 0 Å². The zero-order valence-corrected chi connectivity index (χ0v) is 9.44. The summed E-state index contributed by atoms with van der Waals surface area (Å²) in [5, 5.41) is 12.9. The van der Waals surface area contributed by atoms with E-state index < -0.39 is 0 Å².